The van der Waals surface area contributed by atoms with Gasteiger partial charge in [-0.05, 0) is 25.7 Å². The lowest BCUT2D eigenvalue weighted by molar-refractivity contribution is 0.0519. The van der Waals surface area contributed by atoms with E-state index in [1.807, 2.05) is 0 Å². The van der Waals surface area contributed by atoms with Crippen LogP contribution in [0.2, 0.25) is 0 Å². The Bertz CT molecular complexity index is 347. The normalized spacial score (nSPS) is 10.6. The van der Waals surface area contributed by atoms with Crippen LogP contribution >= 0.6 is 0 Å². The summed E-state index contributed by atoms with van der Waals surface area (Å²) < 4.78 is 9.93. The lowest BCUT2D eigenvalue weighted by Gasteiger charge is -2.04. The van der Waals surface area contributed by atoms with Gasteiger partial charge in [0.05, 0.1) is 6.61 Å². The molecule has 1 rings (SSSR count). The highest BCUT2D eigenvalue weighted by atomic mass is 16.5. The van der Waals surface area contributed by atoms with Gasteiger partial charge in [0.15, 0.2) is 5.69 Å². The number of nitrogens with one attached hydrogen (secondary N) is 1. The fourth-order valence-electron chi connectivity index (χ4n) is 1.36. The number of anilines is 1. The van der Waals surface area contributed by atoms with Crippen molar-refractivity contribution in [2.24, 2.45) is 5.92 Å². The third-order valence-electron chi connectivity index (χ3n) is 2.22. The Morgan fingerprint density at radius 2 is 2.35 bits per heavy atom. The van der Waals surface area contributed by atoms with Crippen molar-refractivity contribution in [2.45, 2.75) is 33.6 Å². The molecule has 0 saturated carbocycles. The molecule has 1 heterocycles. The third kappa shape index (κ3) is 4.89. The molecule has 1 aromatic heterocycles. The summed E-state index contributed by atoms with van der Waals surface area (Å²) in [6, 6.07) is 0.372. The van der Waals surface area contributed by atoms with Gasteiger partial charge < -0.3 is 14.5 Å². The van der Waals surface area contributed by atoms with E-state index in [-0.39, 0.29) is 5.69 Å². The smallest absolute Gasteiger partial charge is 0.360 e. The van der Waals surface area contributed by atoms with Crippen LogP contribution in [0.5, 0.6) is 0 Å². The largest absolute Gasteiger partial charge is 0.461 e. The zero-order valence-corrected chi connectivity index (χ0v) is 10.7. The summed E-state index contributed by atoms with van der Waals surface area (Å²) in [5.41, 5.74) is 0.207. The summed E-state index contributed by atoms with van der Waals surface area (Å²) in [6.45, 7) is 7.25. The van der Waals surface area contributed by atoms with Crippen LogP contribution < -0.4 is 5.32 Å². The number of carbonyl (C=O) groups excluding carboxylic acids is 1. The number of oxazole rings is 1. The van der Waals surface area contributed by atoms with Gasteiger partial charge in [-0.15, -0.1) is 0 Å². The van der Waals surface area contributed by atoms with Crippen molar-refractivity contribution in [3.8, 4) is 0 Å². The molecular formula is C12H20N2O3. The Labute approximate surface area is 102 Å². The Balaban J connectivity index is 2.33. The van der Waals surface area contributed by atoms with Gasteiger partial charge >= 0.3 is 5.97 Å². The van der Waals surface area contributed by atoms with Gasteiger partial charge in [0.1, 0.15) is 6.26 Å². The van der Waals surface area contributed by atoms with Gasteiger partial charge in [-0.2, -0.15) is 4.98 Å². The maximum Gasteiger partial charge on any atom is 0.360 e. The van der Waals surface area contributed by atoms with Crippen LogP contribution in [0.1, 0.15) is 44.1 Å². The number of ether oxygens (including phenoxy) is 1. The van der Waals surface area contributed by atoms with Crippen LogP contribution in [0.15, 0.2) is 10.7 Å². The standard InChI is InChI=1S/C12H20N2O3/c1-4-16-11(15)10-8-17-12(14-10)13-7-5-6-9(2)3/h8-9H,4-7H2,1-3H3,(H,13,14). The molecule has 0 aromatic carbocycles. The van der Waals surface area contributed by atoms with Crippen LogP contribution in [0.4, 0.5) is 6.01 Å². The van der Waals surface area contributed by atoms with Crippen molar-refractivity contribution in [3.05, 3.63) is 12.0 Å². The predicted molar refractivity (Wildman–Crippen MR) is 65.0 cm³/mol. The summed E-state index contributed by atoms with van der Waals surface area (Å²) in [4.78, 5) is 15.3. The number of hydrogen-bond donors (Lipinski definition) is 1. The summed E-state index contributed by atoms with van der Waals surface area (Å²) in [5, 5.41) is 3.03. The number of carbonyl (C=O) groups is 1. The van der Waals surface area contributed by atoms with Crippen LogP contribution in [0, 0.1) is 5.92 Å². The van der Waals surface area contributed by atoms with Gasteiger partial charge in [-0.3, -0.25) is 0 Å². The molecule has 0 aliphatic rings. The molecule has 17 heavy (non-hydrogen) atoms. The minimum atomic E-state index is -0.452. The lowest BCUT2D eigenvalue weighted by atomic mass is 10.1. The second-order valence-electron chi connectivity index (χ2n) is 4.22. The van der Waals surface area contributed by atoms with Crippen molar-refractivity contribution in [2.75, 3.05) is 18.5 Å². The molecule has 0 bridgehead atoms. The van der Waals surface area contributed by atoms with Crippen LogP contribution in [0.3, 0.4) is 0 Å². The molecule has 0 aliphatic heterocycles. The molecule has 5 nitrogen and oxygen atoms in total. The second kappa shape index (κ2) is 6.93. The topological polar surface area (TPSA) is 64.4 Å². The molecule has 0 spiro atoms. The van der Waals surface area contributed by atoms with Crippen LogP contribution in [-0.2, 0) is 4.74 Å². The lowest BCUT2D eigenvalue weighted by Crippen LogP contribution is -2.06. The monoisotopic (exact) mass is 240 g/mol. The van der Waals surface area contributed by atoms with Crippen molar-refractivity contribution in [1.29, 1.82) is 0 Å². The second-order valence-corrected chi connectivity index (χ2v) is 4.22. The average Bonchev–Trinajstić information content (AvgIpc) is 2.73. The van der Waals surface area contributed by atoms with E-state index < -0.39 is 5.97 Å². The fraction of sp³-hybridized carbons (Fsp3) is 0.667. The van der Waals surface area contributed by atoms with Crippen molar-refractivity contribution in [1.82, 2.24) is 4.98 Å². The molecule has 0 unspecified atom stereocenters. The Morgan fingerprint density at radius 3 is 3.00 bits per heavy atom. The molecule has 0 aliphatic carbocycles. The van der Waals surface area contributed by atoms with Crippen LogP contribution in [-0.4, -0.2) is 24.1 Å². The number of esters is 1. The van der Waals surface area contributed by atoms with E-state index in [0.717, 1.165) is 19.4 Å². The fourth-order valence-corrected chi connectivity index (χ4v) is 1.36. The molecule has 0 radical (unpaired) electrons. The van der Waals surface area contributed by atoms with E-state index in [4.69, 9.17) is 9.15 Å². The summed E-state index contributed by atoms with van der Waals surface area (Å²) >= 11 is 0. The molecule has 0 amide bonds. The minimum absolute atomic E-state index is 0.207. The average molecular weight is 240 g/mol. The van der Waals surface area contributed by atoms with Crippen molar-refractivity contribution < 1.29 is 13.9 Å². The summed E-state index contributed by atoms with van der Waals surface area (Å²) in [5.74, 6) is 0.239. The van der Waals surface area contributed by atoms with E-state index in [1.165, 1.54) is 6.26 Å². The Hall–Kier alpha value is -1.52. The first-order chi connectivity index (χ1) is 8.13. The molecule has 0 fully saturated rings. The van der Waals surface area contributed by atoms with E-state index in [2.05, 4.69) is 24.1 Å². The van der Waals surface area contributed by atoms with Gasteiger partial charge in [-0.1, -0.05) is 13.8 Å². The third-order valence-corrected chi connectivity index (χ3v) is 2.22. The maximum absolute atomic E-state index is 11.3. The Morgan fingerprint density at radius 1 is 1.59 bits per heavy atom. The quantitative estimate of drug-likeness (QED) is 0.586. The van der Waals surface area contributed by atoms with E-state index >= 15 is 0 Å². The summed E-state index contributed by atoms with van der Waals surface area (Å²) in [7, 11) is 0. The van der Waals surface area contributed by atoms with Gasteiger partial charge in [0, 0.05) is 6.54 Å². The van der Waals surface area contributed by atoms with Gasteiger partial charge in [0.2, 0.25) is 0 Å². The molecule has 5 heteroatoms. The highest BCUT2D eigenvalue weighted by Crippen LogP contribution is 2.09. The number of nitrogens with zero attached hydrogens (tertiary/aromatic N) is 1. The zero-order valence-electron chi connectivity index (χ0n) is 10.7. The van der Waals surface area contributed by atoms with E-state index in [9.17, 15) is 4.79 Å². The van der Waals surface area contributed by atoms with Gasteiger partial charge in [0.25, 0.3) is 6.01 Å². The van der Waals surface area contributed by atoms with Gasteiger partial charge in [-0.25, -0.2) is 4.79 Å². The highest BCUT2D eigenvalue weighted by Gasteiger charge is 2.12. The van der Waals surface area contributed by atoms with Crippen molar-refractivity contribution in [3.63, 3.8) is 0 Å². The van der Waals surface area contributed by atoms with E-state index in [0.29, 0.717) is 18.5 Å². The number of rotatable bonds is 7. The van der Waals surface area contributed by atoms with Crippen molar-refractivity contribution >= 4 is 12.0 Å². The molecule has 1 N–H and O–H groups in total. The summed E-state index contributed by atoms with van der Waals surface area (Å²) in [6.07, 6.45) is 3.51. The number of hydrogen-bond acceptors (Lipinski definition) is 5. The molecule has 1 aromatic rings. The molecule has 96 valence electrons. The number of aromatic nitrogens is 1. The molecular weight excluding hydrogens is 220 g/mol. The first kappa shape index (κ1) is 13.5. The van der Waals surface area contributed by atoms with E-state index in [1.54, 1.807) is 6.92 Å². The molecule has 0 saturated heterocycles. The first-order valence-corrected chi connectivity index (χ1v) is 6.00. The Kier molecular flexibility index (Phi) is 5.52. The zero-order chi connectivity index (χ0) is 12.7. The highest BCUT2D eigenvalue weighted by molar-refractivity contribution is 5.87. The maximum atomic E-state index is 11.3. The predicted octanol–water partition coefficient (Wildman–Crippen LogP) is 2.70. The van der Waals surface area contributed by atoms with Crippen LogP contribution in [0.25, 0.3) is 0 Å². The molecule has 0 atom stereocenters. The minimum Gasteiger partial charge on any atom is -0.461 e. The first-order valence-electron chi connectivity index (χ1n) is 6.00. The SMILES string of the molecule is CCOC(=O)c1coc(NCCCC(C)C)n1.